The second-order valence-electron chi connectivity index (χ2n) is 7.18. The van der Waals surface area contributed by atoms with Crippen molar-refractivity contribution in [3.8, 4) is 0 Å². The summed E-state index contributed by atoms with van der Waals surface area (Å²) < 4.78 is 5.97. The molecule has 2 aromatic rings. The standard InChI is InChI=1S/C22H28NO3.BrH/c1-4-8-21(24)26-16-15-23(2,3)17-18-11-13-20(14-12-18)22(25)19-9-6-5-7-10-19;/h5-7,9-14H,4,8,15-17H2,1-3H3;1H/q+1;/p-1. The van der Waals surface area contributed by atoms with E-state index in [-0.39, 0.29) is 28.7 Å². The highest BCUT2D eigenvalue weighted by atomic mass is 79.9. The summed E-state index contributed by atoms with van der Waals surface area (Å²) in [7, 11) is 4.22. The first-order chi connectivity index (χ1) is 12.4. The number of ketones is 1. The van der Waals surface area contributed by atoms with E-state index in [1.807, 2.05) is 61.5 Å². The summed E-state index contributed by atoms with van der Waals surface area (Å²) >= 11 is 0. The van der Waals surface area contributed by atoms with E-state index < -0.39 is 0 Å². The molecule has 2 rings (SSSR count). The van der Waals surface area contributed by atoms with Crippen LogP contribution in [0.25, 0.3) is 0 Å². The Bertz CT molecular complexity index is 727. The van der Waals surface area contributed by atoms with Crippen molar-refractivity contribution in [2.45, 2.75) is 26.3 Å². The van der Waals surface area contributed by atoms with Crippen LogP contribution in [0.3, 0.4) is 0 Å². The molecule has 0 amide bonds. The number of quaternary nitrogens is 1. The minimum Gasteiger partial charge on any atom is -1.00 e. The topological polar surface area (TPSA) is 43.4 Å². The molecule has 0 saturated heterocycles. The van der Waals surface area contributed by atoms with Crippen LogP contribution in [0.4, 0.5) is 0 Å². The normalized spacial score (nSPS) is 10.8. The number of carbonyl (C=O) groups is 2. The summed E-state index contributed by atoms with van der Waals surface area (Å²) in [5.41, 5.74) is 2.54. The van der Waals surface area contributed by atoms with E-state index in [4.69, 9.17) is 4.74 Å². The van der Waals surface area contributed by atoms with E-state index in [1.165, 1.54) is 0 Å². The zero-order valence-electron chi connectivity index (χ0n) is 16.3. The Hall–Kier alpha value is -1.98. The third-order valence-corrected chi connectivity index (χ3v) is 4.28. The summed E-state index contributed by atoms with van der Waals surface area (Å²) in [5.74, 6) is -0.0926. The second kappa shape index (κ2) is 11.0. The zero-order valence-corrected chi connectivity index (χ0v) is 17.9. The summed E-state index contributed by atoms with van der Waals surface area (Å²) in [6.45, 7) is 3.95. The Kier molecular flexibility index (Phi) is 9.39. The molecular weight excluding hydrogens is 406 g/mol. The highest BCUT2D eigenvalue weighted by Gasteiger charge is 2.17. The predicted molar refractivity (Wildman–Crippen MR) is 103 cm³/mol. The van der Waals surface area contributed by atoms with Gasteiger partial charge in [-0.15, -0.1) is 0 Å². The van der Waals surface area contributed by atoms with Gasteiger partial charge in [0, 0.05) is 23.1 Å². The van der Waals surface area contributed by atoms with Gasteiger partial charge in [-0.1, -0.05) is 61.5 Å². The highest BCUT2D eigenvalue weighted by molar-refractivity contribution is 6.08. The fourth-order valence-corrected chi connectivity index (χ4v) is 2.77. The van der Waals surface area contributed by atoms with Crippen LogP contribution >= 0.6 is 0 Å². The van der Waals surface area contributed by atoms with Crippen LogP contribution in [-0.4, -0.2) is 43.5 Å². The number of ether oxygens (including phenoxy) is 1. The maximum atomic E-state index is 12.4. The summed E-state index contributed by atoms with van der Waals surface area (Å²) in [6, 6.07) is 17.1. The third kappa shape index (κ3) is 7.65. The van der Waals surface area contributed by atoms with Gasteiger partial charge in [-0.2, -0.15) is 0 Å². The van der Waals surface area contributed by atoms with Crippen molar-refractivity contribution in [3.05, 3.63) is 71.3 Å². The molecule has 0 unspecified atom stereocenters. The van der Waals surface area contributed by atoms with Gasteiger partial charge in [0.25, 0.3) is 0 Å². The summed E-state index contributed by atoms with van der Waals surface area (Å²) in [5, 5.41) is 0. The van der Waals surface area contributed by atoms with Gasteiger partial charge in [0.2, 0.25) is 0 Å². The predicted octanol–water partition coefficient (Wildman–Crippen LogP) is 0.841. The number of likely N-dealkylation sites (N-methyl/N-ethyl adjacent to an activating group) is 1. The highest BCUT2D eigenvalue weighted by Crippen LogP contribution is 2.14. The molecule has 0 N–H and O–H groups in total. The molecular formula is C22H28BrNO3. The van der Waals surface area contributed by atoms with E-state index in [0.717, 1.165) is 25.1 Å². The number of halogens is 1. The van der Waals surface area contributed by atoms with Gasteiger partial charge in [0.15, 0.2) is 5.78 Å². The van der Waals surface area contributed by atoms with E-state index in [0.29, 0.717) is 28.6 Å². The molecule has 0 spiro atoms. The molecule has 4 nitrogen and oxygen atoms in total. The number of esters is 1. The van der Waals surface area contributed by atoms with Gasteiger partial charge >= 0.3 is 5.97 Å². The number of benzene rings is 2. The van der Waals surface area contributed by atoms with E-state index >= 15 is 0 Å². The minimum atomic E-state index is -0.128. The molecule has 0 heterocycles. The molecule has 0 aromatic heterocycles. The maximum absolute atomic E-state index is 12.4. The van der Waals surface area contributed by atoms with Crippen molar-refractivity contribution in [1.29, 1.82) is 0 Å². The Morgan fingerprint density at radius 1 is 0.926 bits per heavy atom. The van der Waals surface area contributed by atoms with Gasteiger partial charge in [-0.25, -0.2) is 0 Å². The van der Waals surface area contributed by atoms with Gasteiger partial charge in [0.05, 0.1) is 14.1 Å². The number of hydrogen-bond acceptors (Lipinski definition) is 3. The second-order valence-corrected chi connectivity index (χ2v) is 7.18. The van der Waals surface area contributed by atoms with Gasteiger partial charge in [0.1, 0.15) is 19.7 Å². The molecule has 0 fully saturated rings. The first-order valence-corrected chi connectivity index (χ1v) is 9.07. The number of hydrogen-bond donors (Lipinski definition) is 0. The molecule has 146 valence electrons. The third-order valence-electron chi connectivity index (χ3n) is 4.28. The van der Waals surface area contributed by atoms with Crippen LogP contribution in [0.2, 0.25) is 0 Å². The monoisotopic (exact) mass is 433 g/mol. The maximum Gasteiger partial charge on any atom is 0.305 e. The molecule has 5 heteroatoms. The quantitative estimate of drug-likeness (QED) is 0.334. The summed E-state index contributed by atoms with van der Waals surface area (Å²) in [4.78, 5) is 23.9. The lowest BCUT2D eigenvalue weighted by molar-refractivity contribution is -0.903. The van der Waals surface area contributed by atoms with Gasteiger partial charge < -0.3 is 26.2 Å². The molecule has 0 aliphatic heterocycles. The van der Waals surface area contributed by atoms with Crippen molar-refractivity contribution >= 4 is 11.8 Å². The van der Waals surface area contributed by atoms with Crippen molar-refractivity contribution in [3.63, 3.8) is 0 Å². The van der Waals surface area contributed by atoms with Crippen LogP contribution in [-0.2, 0) is 16.1 Å². The molecule has 0 aliphatic rings. The van der Waals surface area contributed by atoms with E-state index in [2.05, 4.69) is 14.1 Å². The zero-order chi connectivity index (χ0) is 19.0. The first-order valence-electron chi connectivity index (χ1n) is 9.07. The fourth-order valence-electron chi connectivity index (χ4n) is 2.77. The molecule has 2 aromatic carbocycles. The molecule has 0 radical (unpaired) electrons. The lowest BCUT2D eigenvalue weighted by atomic mass is 10.0. The van der Waals surface area contributed by atoms with Crippen LogP contribution in [0.15, 0.2) is 54.6 Å². The van der Waals surface area contributed by atoms with E-state index in [9.17, 15) is 9.59 Å². The van der Waals surface area contributed by atoms with Crippen LogP contribution in [0, 0.1) is 0 Å². The van der Waals surface area contributed by atoms with Crippen molar-refractivity contribution in [2.75, 3.05) is 27.2 Å². The average Bonchev–Trinajstić information content (AvgIpc) is 2.62. The Morgan fingerprint density at radius 3 is 2.11 bits per heavy atom. The average molecular weight is 434 g/mol. The van der Waals surface area contributed by atoms with Gasteiger partial charge in [-0.05, 0) is 6.42 Å². The largest absolute Gasteiger partial charge is 1.00 e. The SMILES string of the molecule is CCCC(=O)OCC[N+](C)(C)Cc1ccc(C(=O)c2ccccc2)cc1.[Br-]. The molecule has 27 heavy (non-hydrogen) atoms. The van der Waals surface area contributed by atoms with Crippen LogP contribution < -0.4 is 17.0 Å². The lowest BCUT2D eigenvalue weighted by Crippen LogP contribution is -3.00. The Labute approximate surface area is 172 Å². The lowest BCUT2D eigenvalue weighted by Gasteiger charge is -2.29. The number of nitrogens with zero attached hydrogens (tertiary/aromatic N) is 1. The van der Waals surface area contributed by atoms with Crippen LogP contribution in [0.1, 0.15) is 41.3 Å². The fraction of sp³-hybridized carbons (Fsp3) is 0.364. The number of carbonyl (C=O) groups excluding carboxylic acids is 2. The molecule has 0 atom stereocenters. The van der Waals surface area contributed by atoms with Crippen molar-refractivity contribution in [1.82, 2.24) is 0 Å². The number of rotatable bonds is 9. The summed E-state index contributed by atoms with van der Waals surface area (Å²) in [6.07, 6.45) is 1.29. The van der Waals surface area contributed by atoms with Crippen LogP contribution in [0.5, 0.6) is 0 Å². The van der Waals surface area contributed by atoms with E-state index in [1.54, 1.807) is 0 Å². The Balaban J connectivity index is 0.00000364. The minimum absolute atomic E-state index is 0. The molecule has 0 saturated carbocycles. The van der Waals surface area contributed by atoms with Crippen molar-refractivity contribution in [2.24, 2.45) is 0 Å². The molecule has 0 bridgehead atoms. The van der Waals surface area contributed by atoms with Crippen molar-refractivity contribution < 1.29 is 35.8 Å². The Morgan fingerprint density at radius 2 is 1.52 bits per heavy atom. The molecule has 0 aliphatic carbocycles. The smallest absolute Gasteiger partial charge is 0.305 e. The van der Waals surface area contributed by atoms with Gasteiger partial charge in [-0.3, -0.25) is 9.59 Å². The first kappa shape index (κ1) is 23.1.